The van der Waals surface area contributed by atoms with E-state index in [1.165, 1.54) is 37.4 Å². The summed E-state index contributed by atoms with van der Waals surface area (Å²) in [5.74, 6) is 0.718. The van der Waals surface area contributed by atoms with Crippen LogP contribution in [0.3, 0.4) is 0 Å². The predicted octanol–water partition coefficient (Wildman–Crippen LogP) is 7.27. The number of carbonyl (C=O) groups excluding carboxylic acids is 2. The fourth-order valence-electron chi connectivity index (χ4n) is 4.00. The molecule has 0 saturated carbocycles. The summed E-state index contributed by atoms with van der Waals surface area (Å²) in [6, 6.07) is 14.8. The molecule has 1 aliphatic heterocycles. The van der Waals surface area contributed by atoms with E-state index in [1.54, 1.807) is 12.1 Å². The maximum atomic E-state index is 13.1. The third-order valence-corrected chi connectivity index (χ3v) is 9.28. The topological polar surface area (TPSA) is 99.2 Å². The Morgan fingerprint density at radius 3 is 2.41 bits per heavy atom. The molecule has 0 aromatic heterocycles. The van der Waals surface area contributed by atoms with Gasteiger partial charge in [-0.2, -0.15) is 8.42 Å². The van der Waals surface area contributed by atoms with E-state index in [1.807, 2.05) is 47.7 Å². The number of imide groups is 1. The fourth-order valence-corrected chi connectivity index (χ4v) is 6.83. The molecule has 0 radical (unpaired) electrons. The van der Waals surface area contributed by atoms with Gasteiger partial charge >= 0.3 is 10.1 Å². The predicted molar refractivity (Wildman–Crippen MR) is 168 cm³/mol. The molecular formula is C29H27ClINO7S2. The molecule has 0 atom stereocenters. The van der Waals surface area contributed by atoms with E-state index in [2.05, 4.69) is 13.8 Å². The van der Waals surface area contributed by atoms with Gasteiger partial charge in [-0.15, -0.1) is 0 Å². The number of methoxy groups -OCH3 is 1. The summed E-state index contributed by atoms with van der Waals surface area (Å²) in [5, 5.41) is -0.00204. The van der Waals surface area contributed by atoms with Crippen LogP contribution in [0.2, 0.25) is 5.02 Å². The smallest absolute Gasteiger partial charge is 0.339 e. The lowest BCUT2D eigenvalue weighted by Crippen LogP contribution is -2.32. The standard InChI is InChI=1S/C29H27ClINO7S2/c1-17(2)22-10-5-18(3)13-24(22)38-12-11-32-28(33)26(40-29(32)34)16-19-14-23(31)27(25(15-19)37-4)39-41(35,36)21-8-6-20(30)7-9-21/h5-10,13-17H,11-12H2,1-4H3/b26-16-. The highest BCUT2D eigenvalue weighted by molar-refractivity contribution is 14.1. The van der Waals surface area contributed by atoms with Crippen molar-refractivity contribution in [3.8, 4) is 17.2 Å². The number of hydrogen-bond acceptors (Lipinski definition) is 8. The minimum absolute atomic E-state index is 0.00219. The highest BCUT2D eigenvalue weighted by Crippen LogP contribution is 2.39. The summed E-state index contributed by atoms with van der Waals surface area (Å²) in [6.07, 6.45) is 1.56. The molecule has 0 spiro atoms. The van der Waals surface area contributed by atoms with Gasteiger partial charge in [0.15, 0.2) is 11.5 Å². The zero-order valence-corrected chi connectivity index (χ0v) is 27.2. The summed E-state index contributed by atoms with van der Waals surface area (Å²) in [4.78, 5) is 27.1. The van der Waals surface area contributed by atoms with Crippen LogP contribution >= 0.6 is 46.0 Å². The van der Waals surface area contributed by atoms with E-state index in [9.17, 15) is 18.0 Å². The van der Waals surface area contributed by atoms with Crippen LogP contribution in [0, 0.1) is 10.5 Å². The van der Waals surface area contributed by atoms with Gasteiger partial charge in [-0.25, -0.2) is 0 Å². The maximum Gasteiger partial charge on any atom is 0.339 e. The SMILES string of the molecule is COc1cc(/C=C2\SC(=O)N(CCOc3cc(C)ccc3C(C)C)C2=O)cc(I)c1OS(=O)(=O)c1ccc(Cl)cc1. The quantitative estimate of drug-likeness (QED) is 0.122. The van der Waals surface area contributed by atoms with Gasteiger partial charge in [0.25, 0.3) is 11.1 Å². The first-order chi connectivity index (χ1) is 19.4. The normalized spacial score (nSPS) is 14.7. The molecular weight excluding hydrogens is 701 g/mol. The molecule has 8 nitrogen and oxygen atoms in total. The van der Waals surface area contributed by atoms with Crippen molar-refractivity contribution in [2.75, 3.05) is 20.3 Å². The molecule has 216 valence electrons. The minimum Gasteiger partial charge on any atom is -0.493 e. The van der Waals surface area contributed by atoms with E-state index < -0.39 is 21.3 Å². The first kappa shape index (κ1) is 31.2. The van der Waals surface area contributed by atoms with Crippen molar-refractivity contribution in [3.63, 3.8) is 0 Å². The van der Waals surface area contributed by atoms with Crippen LogP contribution in [0.1, 0.15) is 36.5 Å². The van der Waals surface area contributed by atoms with Crippen LogP contribution in [0.25, 0.3) is 6.08 Å². The summed E-state index contributed by atoms with van der Waals surface area (Å²) in [7, 11) is -2.78. The largest absolute Gasteiger partial charge is 0.493 e. The van der Waals surface area contributed by atoms with Crippen molar-refractivity contribution < 1.29 is 31.7 Å². The molecule has 2 amide bonds. The number of amides is 2. The van der Waals surface area contributed by atoms with Gasteiger partial charge in [-0.05, 0) is 112 Å². The summed E-state index contributed by atoms with van der Waals surface area (Å²) in [5.41, 5.74) is 2.65. The first-order valence-electron chi connectivity index (χ1n) is 12.5. The third-order valence-electron chi connectivity index (χ3n) is 6.08. The molecule has 0 unspecified atom stereocenters. The second kappa shape index (κ2) is 13.1. The van der Waals surface area contributed by atoms with Gasteiger partial charge in [0.05, 0.1) is 22.1 Å². The maximum absolute atomic E-state index is 13.1. The molecule has 3 aromatic carbocycles. The molecule has 3 aromatic rings. The van der Waals surface area contributed by atoms with Crippen LogP contribution in [0.4, 0.5) is 4.79 Å². The van der Waals surface area contributed by atoms with E-state index in [4.69, 9.17) is 25.3 Å². The molecule has 1 heterocycles. The molecule has 1 aliphatic rings. The van der Waals surface area contributed by atoms with Crippen LogP contribution < -0.4 is 13.7 Å². The highest BCUT2D eigenvalue weighted by atomic mass is 127. The van der Waals surface area contributed by atoms with Crippen LogP contribution in [-0.2, 0) is 14.9 Å². The van der Waals surface area contributed by atoms with Gasteiger partial charge in [0.1, 0.15) is 17.3 Å². The lowest BCUT2D eigenvalue weighted by Gasteiger charge is -2.17. The lowest BCUT2D eigenvalue weighted by atomic mass is 10.0. The number of rotatable bonds is 10. The fraction of sp³-hybridized carbons (Fsp3) is 0.241. The van der Waals surface area contributed by atoms with Gasteiger partial charge in [-0.1, -0.05) is 37.6 Å². The van der Waals surface area contributed by atoms with Crippen molar-refractivity contribution in [3.05, 3.63) is 84.8 Å². The van der Waals surface area contributed by atoms with Crippen molar-refractivity contribution >= 4 is 73.3 Å². The molecule has 1 fully saturated rings. The summed E-state index contributed by atoms with van der Waals surface area (Å²) >= 11 is 8.62. The zero-order chi connectivity index (χ0) is 29.9. The molecule has 1 saturated heterocycles. The minimum atomic E-state index is -4.16. The zero-order valence-electron chi connectivity index (χ0n) is 22.6. The Labute approximate surface area is 262 Å². The first-order valence-corrected chi connectivity index (χ1v) is 16.1. The molecule has 0 N–H and O–H groups in total. The Morgan fingerprint density at radius 1 is 1.05 bits per heavy atom. The third kappa shape index (κ3) is 7.37. The average molecular weight is 728 g/mol. The summed E-state index contributed by atoms with van der Waals surface area (Å²) < 4.78 is 42.8. The number of aryl methyl sites for hydroxylation is 1. The molecule has 4 rings (SSSR count). The monoisotopic (exact) mass is 727 g/mol. The number of carbonyl (C=O) groups is 2. The second-order valence-corrected chi connectivity index (χ2v) is 13.5. The van der Waals surface area contributed by atoms with E-state index in [0.29, 0.717) is 14.2 Å². The molecule has 12 heteroatoms. The van der Waals surface area contributed by atoms with Crippen LogP contribution in [0.5, 0.6) is 17.2 Å². The van der Waals surface area contributed by atoms with Crippen LogP contribution in [-0.4, -0.2) is 44.7 Å². The number of halogens is 2. The average Bonchev–Trinajstić information content (AvgIpc) is 3.17. The number of nitrogens with zero attached hydrogens (tertiary/aromatic N) is 1. The Balaban J connectivity index is 1.49. The highest BCUT2D eigenvalue weighted by Gasteiger charge is 2.35. The second-order valence-electron chi connectivity index (χ2n) is 9.40. The van der Waals surface area contributed by atoms with Crippen molar-refractivity contribution in [1.29, 1.82) is 0 Å². The van der Waals surface area contributed by atoms with Gasteiger partial charge in [0.2, 0.25) is 0 Å². The van der Waals surface area contributed by atoms with Gasteiger partial charge < -0.3 is 13.7 Å². The van der Waals surface area contributed by atoms with Crippen molar-refractivity contribution in [2.45, 2.75) is 31.6 Å². The van der Waals surface area contributed by atoms with Crippen molar-refractivity contribution in [2.24, 2.45) is 0 Å². The Bertz CT molecular complexity index is 1620. The molecule has 0 aliphatic carbocycles. The number of ether oxygens (including phenoxy) is 2. The number of hydrogen-bond donors (Lipinski definition) is 0. The number of benzene rings is 3. The lowest BCUT2D eigenvalue weighted by molar-refractivity contribution is -0.123. The van der Waals surface area contributed by atoms with E-state index in [0.717, 1.165) is 33.5 Å². The Morgan fingerprint density at radius 2 is 1.76 bits per heavy atom. The van der Waals surface area contributed by atoms with Crippen molar-refractivity contribution in [1.82, 2.24) is 4.90 Å². The summed E-state index contributed by atoms with van der Waals surface area (Å²) in [6.45, 7) is 6.39. The number of thioether (sulfide) groups is 1. The molecule has 41 heavy (non-hydrogen) atoms. The Hall–Kier alpha value is -2.74. The van der Waals surface area contributed by atoms with E-state index >= 15 is 0 Å². The Kier molecular flexibility index (Phi) is 9.93. The van der Waals surface area contributed by atoms with Gasteiger partial charge in [0, 0.05) is 5.02 Å². The van der Waals surface area contributed by atoms with Crippen LogP contribution in [0.15, 0.2) is 64.4 Å². The van der Waals surface area contributed by atoms with Gasteiger partial charge in [-0.3, -0.25) is 14.5 Å². The van der Waals surface area contributed by atoms with E-state index in [-0.39, 0.29) is 40.4 Å². The molecule has 0 bridgehead atoms.